The summed E-state index contributed by atoms with van der Waals surface area (Å²) in [7, 11) is 0. The zero-order chi connectivity index (χ0) is 13.9. The molecule has 0 radical (unpaired) electrons. The van der Waals surface area contributed by atoms with Crippen LogP contribution in [0.1, 0.15) is 17.3 Å². The first-order valence-corrected chi connectivity index (χ1v) is 6.21. The molecule has 6 heteroatoms. The lowest BCUT2D eigenvalue weighted by molar-refractivity contribution is 0.0528. The summed E-state index contributed by atoms with van der Waals surface area (Å²) >= 11 is 0. The molecule has 0 saturated carbocycles. The van der Waals surface area contributed by atoms with Crippen molar-refractivity contribution in [2.75, 3.05) is 6.61 Å². The first-order chi connectivity index (χ1) is 9.81. The van der Waals surface area contributed by atoms with Crippen molar-refractivity contribution in [1.29, 1.82) is 0 Å². The molecule has 1 N–H and O–H groups in total. The number of nitrogens with one attached hydrogen (secondary N) is 1. The van der Waals surface area contributed by atoms with E-state index in [-0.39, 0.29) is 0 Å². The van der Waals surface area contributed by atoms with Crippen LogP contribution in [-0.4, -0.2) is 32.5 Å². The Hall–Kier alpha value is -2.76. The van der Waals surface area contributed by atoms with Crippen molar-refractivity contribution in [2.45, 2.75) is 6.92 Å². The minimum absolute atomic E-state index is 0.321. The van der Waals surface area contributed by atoms with E-state index in [9.17, 15) is 4.79 Å². The summed E-state index contributed by atoms with van der Waals surface area (Å²) in [4.78, 5) is 27.4. The van der Waals surface area contributed by atoms with Crippen LogP contribution < -0.4 is 0 Å². The Bertz CT molecular complexity index is 752. The Morgan fingerprint density at radius 2 is 2.30 bits per heavy atom. The molecule has 3 aromatic rings. The number of hydrogen-bond acceptors (Lipinski definition) is 5. The minimum atomic E-state index is -0.390. The number of esters is 1. The van der Waals surface area contributed by atoms with Gasteiger partial charge in [-0.1, -0.05) is 0 Å². The van der Waals surface area contributed by atoms with Crippen LogP contribution in [0, 0.1) is 0 Å². The third kappa shape index (κ3) is 2.01. The van der Waals surface area contributed by atoms with E-state index < -0.39 is 5.97 Å². The van der Waals surface area contributed by atoms with Gasteiger partial charge in [-0.15, -0.1) is 0 Å². The normalized spacial score (nSPS) is 10.7. The first-order valence-electron chi connectivity index (χ1n) is 6.21. The van der Waals surface area contributed by atoms with Crippen LogP contribution in [0.5, 0.6) is 0 Å². The highest BCUT2D eigenvalue weighted by atomic mass is 16.5. The molecule has 0 aromatic carbocycles. The molecule has 0 fully saturated rings. The molecule has 0 bridgehead atoms. The highest BCUT2D eigenvalue weighted by molar-refractivity contribution is 6.08. The van der Waals surface area contributed by atoms with Gasteiger partial charge >= 0.3 is 5.97 Å². The van der Waals surface area contributed by atoms with E-state index in [0.717, 1.165) is 5.56 Å². The zero-order valence-corrected chi connectivity index (χ0v) is 10.8. The molecular weight excluding hydrogens is 256 g/mol. The van der Waals surface area contributed by atoms with Crippen molar-refractivity contribution in [2.24, 2.45) is 0 Å². The number of aromatic nitrogens is 4. The monoisotopic (exact) mass is 268 g/mol. The lowest BCUT2D eigenvalue weighted by Crippen LogP contribution is -2.04. The van der Waals surface area contributed by atoms with Crippen molar-refractivity contribution < 1.29 is 9.53 Å². The van der Waals surface area contributed by atoms with Crippen molar-refractivity contribution in [3.8, 4) is 11.3 Å². The number of rotatable bonds is 3. The van der Waals surface area contributed by atoms with Crippen LogP contribution in [0.2, 0.25) is 0 Å². The fraction of sp³-hybridized carbons (Fsp3) is 0.143. The summed E-state index contributed by atoms with van der Waals surface area (Å²) in [6, 6.07) is 3.71. The topological polar surface area (TPSA) is 80.8 Å². The van der Waals surface area contributed by atoms with E-state index in [1.54, 1.807) is 25.5 Å². The van der Waals surface area contributed by atoms with Crippen molar-refractivity contribution in [3.05, 3.63) is 42.6 Å². The molecule has 3 rings (SSSR count). The third-order valence-electron chi connectivity index (χ3n) is 2.90. The van der Waals surface area contributed by atoms with Crippen molar-refractivity contribution in [3.63, 3.8) is 0 Å². The van der Waals surface area contributed by atoms with Gasteiger partial charge in [-0.2, -0.15) is 0 Å². The van der Waals surface area contributed by atoms with Gasteiger partial charge in [0.15, 0.2) is 0 Å². The second kappa shape index (κ2) is 5.08. The molecule has 6 nitrogen and oxygen atoms in total. The highest BCUT2D eigenvalue weighted by Gasteiger charge is 2.18. The van der Waals surface area contributed by atoms with E-state index in [4.69, 9.17) is 4.74 Å². The summed E-state index contributed by atoms with van der Waals surface area (Å²) in [5.41, 5.74) is 2.51. The number of carbonyl (C=O) groups is 1. The fourth-order valence-corrected chi connectivity index (χ4v) is 2.05. The molecule has 0 aliphatic rings. The van der Waals surface area contributed by atoms with E-state index in [2.05, 4.69) is 19.9 Å². The van der Waals surface area contributed by atoms with Gasteiger partial charge in [-0.05, 0) is 19.1 Å². The maximum atomic E-state index is 12.0. The number of carbonyl (C=O) groups excluding carboxylic acids is 1. The van der Waals surface area contributed by atoms with Crippen molar-refractivity contribution >= 4 is 17.0 Å². The number of pyridine rings is 1. The van der Waals surface area contributed by atoms with Gasteiger partial charge < -0.3 is 9.72 Å². The predicted molar refractivity (Wildman–Crippen MR) is 73.1 cm³/mol. The number of hydrogen-bond donors (Lipinski definition) is 1. The van der Waals surface area contributed by atoms with Crippen LogP contribution >= 0.6 is 0 Å². The number of ether oxygens (including phenoxy) is 1. The standard InChI is InChI=1S/C14H12N4O2/c1-2-20-14(19)10-7-16-13-11(10)12(17-8-18-13)9-4-3-5-15-6-9/h3-8H,2H2,1H3,(H,16,17,18). The lowest BCUT2D eigenvalue weighted by atomic mass is 10.1. The van der Waals surface area contributed by atoms with Gasteiger partial charge in [-0.25, -0.2) is 14.8 Å². The number of fused-ring (bicyclic) bond motifs is 1. The van der Waals surface area contributed by atoms with Gasteiger partial charge in [-0.3, -0.25) is 4.98 Å². The average Bonchev–Trinajstić information content (AvgIpc) is 2.92. The number of nitrogens with zero attached hydrogens (tertiary/aromatic N) is 3. The van der Waals surface area contributed by atoms with E-state index >= 15 is 0 Å². The summed E-state index contributed by atoms with van der Waals surface area (Å²) in [5.74, 6) is -0.390. The van der Waals surface area contributed by atoms with E-state index in [1.165, 1.54) is 6.33 Å². The van der Waals surface area contributed by atoms with Crippen LogP contribution in [0.15, 0.2) is 37.1 Å². The maximum Gasteiger partial charge on any atom is 0.340 e. The SMILES string of the molecule is CCOC(=O)c1c[nH]c2ncnc(-c3cccnc3)c12. The molecule has 0 unspecified atom stereocenters. The Kier molecular flexibility index (Phi) is 3.12. The van der Waals surface area contributed by atoms with Crippen LogP contribution in [0.25, 0.3) is 22.3 Å². The smallest absolute Gasteiger partial charge is 0.340 e. The average molecular weight is 268 g/mol. The molecule has 100 valence electrons. The molecule has 0 atom stereocenters. The molecule has 3 heterocycles. The van der Waals surface area contributed by atoms with Gasteiger partial charge in [0.2, 0.25) is 0 Å². The summed E-state index contributed by atoms with van der Waals surface area (Å²) in [6.45, 7) is 2.09. The first kappa shape index (κ1) is 12.3. The van der Waals surface area contributed by atoms with Gasteiger partial charge in [0.25, 0.3) is 0 Å². The van der Waals surface area contributed by atoms with E-state index in [0.29, 0.717) is 28.9 Å². The quantitative estimate of drug-likeness (QED) is 0.736. The van der Waals surface area contributed by atoms with Gasteiger partial charge in [0, 0.05) is 24.2 Å². The second-order valence-electron chi connectivity index (χ2n) is 4.11. The molecule has 0 aliphatic heterocycles. The fourth-order valence-electron chi connectivity index (χ4n) is 2.05. The minimum Gasteiger partial charge on any atom is -0.462 e. The number of aromatic amines is 1. The van der Waals surface area contributed by atoms with Gasteiger partial charge in [0.05, 0.1) is 23.3 Å². The second-order valence-corrected chi connectivity index (χ2v) is 4.11. The molecule has 0 spiro atoms. The molecule has 20 heavy (non-hydrogen) atoms. The number of H-pyrrole nitrogens is 1. The van der Waals surface area contributed by atoms with Crippen LogP contribution in [-0.2, 0) is 4.74 Å². The summed E-state index contributed by atoms with van der Waals surface area (Å²) < 4.78 is 5.06. The largest absolute Gasteiger partial charge is 0.462 e. The van der Waals surface area contributed by atoms with Crippen LogP contribution in [0.4, 0.5) is 0 Å². The summed E-state index contributed by atoms with van der Waals surface area (Å²) in [6.07, 6.45) is 6.43. The molecule has 0 amide bonds. The third-order valence-corrected chi connectivity index (χ3v) is 2.90. The van der Waals surface area contributed by atoms with Crippen molar-refractivity contribution in [1.82, 2.24) is 19.9 Å². The zero-order valence-electron chi connectivity index (χ0n) is 10.8. The maximum absolute atomic E-state index is 12.0. The van der Waals surface area contributed by atoms with Crippen LogP contribution in [0.3, 0.4) is 0 Å². The molecule has 0 saturated heterocycles. The Morgan fingerprint density at radius 3 is 3.05 bits per heavy atom. The lowest BCUT2D eigenvalue weighted by Gasteiger charge is -2.04. The molecule has 0 aliphatic carbocycles. The Balaban J connectivity index is 2.23. The van der Waals surface area contributed by atoms with Gasteiger partial charge in [0.1, 0.15) is 12.0 Å². The Morgan fingerprint density at radius 1 is 1.40 bits per heavy atom. The summed E-state index contributed by atoms with van der Waals surface area (Å²) in [5, 5.41) is 0.652. The highest BCUT2D eigenvalue weighted by Crippen LogP contribution is 2.27. The Labute approximate surface area is 114 Å². The molecular formula is C14H12N4O2. The predicted octanol–water partition coefficient (Wildman–Crippen LogP) is 2.20. The molecule has 3 aromatic heterocycles. The van der Waals surface area contributed by atoms with E-state index in [1.807, 2.05) is 12.1 Å².